The third kappa shape index (κ3) is 3.35. The summed E-state index contributed by atoms with van der Waals surface area (Å²) < 4.78 is 5.11. The highest BCUT2D eigenvalue weighted by atomic mass is 35.5. The molecule has 0 radical (unpaired) electrons. The van der Waals surface area contributed by atoms with Gasteiger partial charge in [-0.1, -0.05) is 31.5 Å². The van der Waals surface area contributed by atoms with Gasteiger partial charge in [0.1, 0.15) is 5.75 Å². The maximum absolute atomic E-state index is 6.24. The first-order valence-corrected chi connectivity index (χ1v) is 6.18. The normalized spacial score (nSPS) is 14.8. The van der Waals surface area contributed by atoms with E-state index in [-0.39, 0.29) is 12.0 Å². The number of methoxy groups -OCH3 is 1. The number of ether oxygens (including phenoxy) is 1. The second kappa shape index (κ2) is 6.24. The van der Waals surface area contributed by atoms with Crippen LogP contribution in [0.4, 0.5) is 0 Å². The number of hydrogen-bond acceptors (Lipinski definition) is 3. The molecule has 0 amide bonds. The van der Waals surface area contributed by atoms with Gasteiger partial charge >= 0.3 is 0 Å². The molecule has 0 aliphatic carbocycles. The molecule has 1 rings (SSSR count). The van der Waals surface area contributed by atoms with Crippen LogP contribution >= 0.6 is 11.6 Å². The Balaban J connectivity index is 2.99. The molecule has 2 unspecified atom stereocenters. The fourth-order valence-corrected chi connectivity index (χ4v) is 2.27. The summed E-state index contributed by atoms with van der Waals surface area (Å²) in [6.45, 7) is 4.80. The summed E-state index contributed by atoms with van der Waals surface area (Å²) in [6, 6.07) is 5.43. The van der Waals surface area contributed by atoms with Gasteiger partial charge in [-0.15, -0.1) is 0 Å². The average Bonchev–Trinajstić information content (AvgIpc) is 2.28. The highest BCUT2D eigenvalue weighted by Gasteiger charge is 2.23. The lowest BCUT2D eigenvalue weighted by Gasteiger charge is -2.27. The Labute approximate surface area is 108 Å². The molecule has 0 bridgehead atoms. The summed E-state index contributed by atoms with van der Waals surface area (Å²) in [5, 5.41) is 0.635. The standard InChI is InChI=1S/C13H21ClN2O/c1-8(2)11(7-15)13(16)10-5-4-9(17-3)6-12(10)14/h4-6,8,11,13H,7,15-16H2,1-3H3. The molecule has 0 fully saturated rings. The molecule has 0 saturated heterocycles. The van der Waals surface area contributed by atoms with Gasteiger partial charge in [0, 0.05) is 11.1 Å². The van der Waals surface area contributed by atoms with Crippen molar-refractivity contribution in [3.05, 3.63) is 28.8 Å². The van der Waals surface area contributed by atoms with Crippen molar-refractivity contribution in [3.63, 3.8) is 0 Å². The van der Waals surface area contributed by atoms with Crippen LogP contribution in [-0.4, -0.2) is 13.7 Å². The van der Waals surface area contributed by atoms with Crippen molar-refractivity contribution >= 4 is 11.6 Å². The first-order valence-electron chi connectivity index (χ1n) is 5.80. The number of rotatable bonds is 5. The van der Waals surface area contributed by atoms with Gasteiger partial charge in [-0.2, -0.15) is 0 Å². The predicted octanol–water partition coefficient (Wildman–Crippen LogP) is 2.58. The van der Waals surface area contributed by atoms with Gasteiger partial charge < -0.3 is 16.2 Å². The smallest absolute Gasteiger partial charge is 0.120 e. The number of nitrogens with two attached hydrogens (primary N) is 2. The van der Waals surface area contributed by atoms with E-state index in [1.165, 1.54) is 0 Å². The SMILES string of the molecule is COc1ccc(C(N)C(CN)C(C)C)c(Cl)c1. The van der Waals surface area contributed by atoms with Crippen LogP contribution in [-0.2, 0) is 0 Å². The topological polar surface area (TPSA) is 61.3 Å². The number of hydrogen-bond donors (Lipinski definition) is 2. The molecule has 3 nitrogen and oxygen atoms in total. The first kappa shape index (κ1) is 14.3. The van der Waals surface area contributed by atoms with Crippen LogP contribution in [0.5, 0.6) is 5.75 Å². The molecule has 0 heterocycles. The van der Waals surface area contributed by atoms with E-state index < -0.39 is 0 Å². The van der Waals surface area contributed by atoms with E-state index >= 15 is 0 Å². The highest BCUT2D eigenvalue weighted by molar-refractivity contribution is 6.31. The van der Waals surface area contributed by atoms with Crippen molar-refractivity contribution in [1.29, 1.82) is 0 Å². The van der Waals surface area contributed by atoms with E-state index in [2.05, 4.69) is 13.8 Å². The molecule has 1 aromatic rings. The molecule has 96 valence electrons. The molecular weight excluding hydrogens is 236 g/mol. The van der Waals surface area contributed by atoms with Crippen LogP contribution in [0.25, 0.3) is 0 Å². The summed E-state index contributed by atoms with van der Waals surface area (Å²) in [5.41, 5.74) is 12.9. The number of halogens is 1. The van der Waals surface area contributed by atoms with Crippen LogP contribution in [0.1, 0.15) is 25.5 Å². The minimum Gasteiger partial charge on any atom is -0.497 e. The minimum atomic E-state index is -0.140. The van der Waals surface area contributed by atoms with Crippen molar-refractivity contribution in [2.24, 2.45) is 23.3 Å². The zero-order chi connectivity index (χ0) is 13.0. The predicted molar refractivity (Wildman–Crippen MR) is 72.3 cm³/mol. The van der Waals surface area contributed by atoms with Crippen molar-refractivity contribution in [2.75, 3.05) is 13.7 Å². The highest BCUT2D eigenvalue weighted by Crippen LogP contribution is 2.32. The van der Waals surface area contributed by atoms with Crippen molar-refractivity contribution in [1.82, 2.24) is 0 Å². The van der Waals surface area contributed by atoms with Gasteiger partial charge in [-0.25, -0.2) is 0 Å². The summed E-state index contributed by atoms with van der Waals surface area (Å²) in [4.78, 5) is 0. The largest absolute Gasteiger partial charge is 0.497 e. The molecule has 4 heteroatoms. The zero-order valence-corrected chi connectivity index (χ0v) is 11.4. The third-order valence-corrected chi connectivity index (χ3v) is 3.48. The monoisotopic (exact) mass is 256 g/mol. The molecule has 0 aliphatic rings. The third-order valence-electron chi connectivity index (χ3n) is 3.16. The van der Waals surface area contributed by atoms with E-state index in [9.17, 15) is 0 Å². The van der Waals surface area contributed by atoms with E-state index in [1.54, 1.807) is 13.2 Å². The zero-order valence-electron chi connectivity index (χ0n) is 10.6. The molecular formula is C13H21ClN2O. The second-order valence-electron chi connectivity index (χ2n) is 4.56. The van der Waals surface area contributed by atoms with Crippen molar-refractivity contribution in [3.8, 4) is 5.75 Å². The Hall–Kier alpha value is -0.770. The summed E-state index contributed by atoms with van der Waals surface area (Å²) in [6.07, 6.45) is 0. The summed E-state index contributed by atoms with van der Waals surface area (Å²) in [7, 11) is 1.61. The maximum Gasteiger partial charge on any atom is 0.120 e. The van der Waals surface area contributed by atoms with Crippen LogP contribution in [0.3, 0.4) is 0 Å². The summed E-state index contributed by atoms with van der Waals surface area (Å²) >= 11 is 6.21. The molecule has 1 aromatic carbocycles. The molecule has 2 atom stereocenters. The Morgan fingerprint density at radius 3 is 2.41 bits per heavy atom. The van der Waals surface area contributed by atoms with Crippen LogP contribution in [0, 0.1) is 11.8 Å². The van der Waals surface area contributed by atoms with Crippen LogP contribution in [0.2, 0.25) is 5.02 Å². The molecule has 17 heavy (non-hydrogen) atoms. The Morgan fingerprint density at radius 1 is 1.35 bits per heavy atom. The Kier molecular flexibility index (Phi) is 5.25. The fourth-order valence-electron chi connectivity index (χ4n) is 1.97. The van der Waals surface area contributed by atoms with Gasteiger partial charge in [0.2, 0.25) is 0 Å². The lowest BCUT2D eigenvalue weighted by molar-refractivity contribution is 0.331. The van der Waals surface area contributed by atoms with Gasteiger partial charge in [0.25, 0.3) is 0 Å². The molecule has 0 spiro atoms. The Morgan fingerprint density at radius 2 is 2.00 bits per heavy atom. The molecule has 0 aliphatic heterocycles. The van der Waals surface area contributed by atoms with E-state index in [0.29, 0.717) is 17.5 Å². The fraction of sp³-hybridized carbons (Fsp3) is 0.538. The quantitative estimate of drug-likeness (QED) is 0.851. The van der Waals surface area contributed by atoms with Crippen LogP contribution < -0.4 is 16.2 Å². The first-order chi connectivity index (χ1) is 8.01. The Bertz CT molecular complexity index is 368. The minimum absolute atomic E-state index is 0.140. The average molecular weight is 257 g/mol. The van der Waals surface area contributed by atoms with Crippen molar-refractivity contribution < 1.29 is 4.74 Å². The molecule has 0 aromatic heterocycles. The molecule has 0 saturated carbocycles. The van der Waals surface area contributed by atoms with Crippen LogP contribution in [0.15, 0.2) is 18.2 Å². The lowest BCUT2D eigenvalue weighted by Crippen LogP contribution is -2.32. The van der Waals surface area contributed by atoms with Gasteiger partial charge in [0.15, 0.2) is 0 Å². The van der Waals surface area contributed by atoms with E-state index in [0.717, 1.165) is 11.3 Å². The maximum atomic E-state index is 6.24. The second-order valence-corrected chi connectivity index (χ2v) is 4.96. The van der Waals surface area contributed by atoms with Gasteiger partial charge in [0.05, 0.1) is 7.11 Å². The van der Waals surface area contributed by atoms with E-state index in [4.69, 9.17) is 27.8 Å². The summed E-state index contributed by atoms with van der Waals surface area (Å²) in [5.74, 6) is 1.38. The van der Waals surface area contributed by atoms with Gasteiger partial charge in [-0.3, -0.25) is 0 Å². The van der Waals surface area contributed by atoms with Gasteiger partial charge in [-0.05, 0) is 36.1 Å². The number of benzene rings is 1. The lowest BCUT2D eigenvalue weighted by atomic mass is 9.85. The van der Waals surface area contributed by atoms with Crippen molar-refractivity contribution in [2.45, 2.75) is 19.9 Å². The molecule has 4 N–H and O–H groups in total. The van der Waals surface area contributed by atoms with E-state index in [1.807, 2.05) is 12.1 Å².